The van der Waals surface area contributed by atoms with Gasteiger partial charge in [0, 0.05) is 38.3 Å². The van der Waals surface area contributed by atoms with Crippen LogP contribution < -0.4 is 11.1 Å². The average molecular weight is 397 g/mol. The highest BCUT2D eigenvalue weighted by Crippen LogP contribution is 2.18. The van der Waals surface area contributed by atoms with Gasteiger partial charge in [-0.15, -0.1) is 0 Å². The summed E-state index contributed by atoms with van der Waals surface area (Å²) in [4.78, 5) is 25.6. The van der Waals surface area contributed by atoms with Crippen molar-refractivity contribution in [2.45, 2.75) is 31.2 Å². The van der Waals surface area contributed by atoms with Gasteiger partial charge in [0.05, 0.1) is 11.4 Å². The first-order chi connectivity index (χ1) is 12.6. The lowest BCUT2D eigenvalue weighted by molar-refractivity contribution is -0.122. The second-order valence-electron chi connectivity index (χ2n) is 7.14. The summed E-state index contributed by atoms with van der Waals surface area (Å²) in [5, 5.41) is 2.59. The summed E-state index contributed by atoms with van der Waals surface area (Å²) in [6, 6.07) is 5.83. The Morgan fingerprint density at radius 3 is 2.48 bits per heavy atom. The molecule has 2 amide bonds. The number of sulfonamides is 1. The van der Waals surface area contributed by atoms with Gasteiger partial charge in [-0.3, -0.25) is 9.59 Å². The Kier molecular flexibility index (Phi) is 6.96. The number of rotatable bonds is 7. The molecular weight excluding hydrogens is 368 g/mol. The van der Waals surface area contributed by atoms with E-state index >= 15 is 0 Å². The van der Waals surface area contributed by atoms with Crippen molar-refractivity contribution in [1.82, 2.24) is 14.5 Å². The minimum absolute atomic E-state index is 0.0227. The number of nitrogens with zero attached hydrogens (tertiary/aromatic N) is 2. The number of nitrogens with one attached hydrogen (secondary N) is 1. The Balaban J connectivity index is 2.05. The quantitative estimate of drug-likeness (QED) is 0.686. The zero-order valence-corrected chi connectivity index (χ0v) is 16.8. The molecule has 8 nitrogen and oxygen atoms in total. The lowest BCUT2D eigenvalue weighted by Gasteiger charge is -2.26. The van der Waals surface area contributed by atoms with Gasteiger partial charge in [-0.1, -0.05) is 13.8 Å². The van der Waals surface area contributed by atoms with Gasteiger partial charge in [0.1, 0.15) is 0 Å². The highest BCUT2D eigenvalue weighted by Gasteiger charge is 2.29. The lowest BCUT2D eigenvalue weighted by Crippen LogP contribution is -2.49. The molecule has 1 aromatic rings. The fourth-order valence-corrected chi connectivity index (χ4v) is 4.13. The summed E-state index contributed by atoms with van der Waals surface area (Å²) in [6.07, 6.45) is 0.698. The zero-order valence-electron chi connectivity index (χ0n) is 16.0. The fraction of sp³-hybridized carbons (Fsp3) is 0.556. The van der Waals surface area contributed by atoms with Gasteiger partial charge in [0.15, 0.2) is 0 Å². The fourth-order valence-electron chi connectivity index (χ4n) is 2.74. The van der Waals surface area contributed by atoms with E-state index in [0.29, 0.717) is 24.4 Å². The molecule has 9 heteroatoms. The Hall–Kier alpha value is -1.97. The van der Waals surface area contributed by atoms with Crippen LogP contribution >= 0.6 is 0 Å². The minimum atomic E-state index is -3.76. The van der Waals surface area contributed by atoms with Gasteiger partial charge >= 0.3 is 0 Å². The minimum Gasteiger partial charge on any atom is -0.354 e. The van der Waals surface area contributed by atoms with E-state index in [4.69, 9.17) is 5.73 Å². The molecule has 1 atom stereocenters. The van der Waals surface area contributed by atoms with Crippen LogP contribution in [0.5, 0.6) is 0 Å². The lowest BCUT2D eigenvalue weighted by atomic mass is 10.0. The molecule has 0 bridgehead atoms. The van der Waals surface area contributed by atoms with Crippen molar-refractivity contribution in [1.29, 1.82) is 0 Å². The van der Waals surface area contributed by atoms with E-state index in [1.165, 1.54) is 24.3 Å². The highest BCUT2D eigenvalue weighted by molar-refractivity contribution is 7.89. The summed E-state index contributed by atoms with van der Waals surface area (Å²) in [6.45, 7) is 4.93. The van der Waals surface area contributed by atoms with E-state index in [0.717, 1.165) is 4.31 Å². The number of carbonyl (C=O) groups is 2. The Morgan fingerprint density at radius 1 is 1.30 bits per heavy atom. The van der Waals surface area contributed by atoms with Gasteiger partial charge in [-0.25, -0.2) is 8.42 Å². The van der Waals surface area contributed by atoms with E-state index in [-0.39, 0.29) is 42.4 Å². The Bertz CT molecular complexity index is 777. The standard InChI is InChI=1S/C18H28N4O4S/c1-13(2)16(19)8-10-21(3)18(24)14-4-6-15(7-5-14)27(25,26)22-11-9-20-17(23)12-22/h4-7,13,16H,8-12,19H2,1-3H3,(H,20,23). The molecule has 1 aromatic carbocycles. The molecule has 0 saturated carbocycles. The Morgan fingerprint density at radius 2 is 1.93 bits per heavy atom. The molecule has 0 spiro atoms. The van der Waals surface area contributed by atoms with Crippen LogP contribution in [-0.2, 0) is 14.8 Å². The normalized spacial score (nSPS) is 16.9. The second kappa shape index (κ2) is 8.81. The predicted octanol–water partition coefficient (Wildman–Crippen LogP) is 0.253. The van der Waals surface area contributed by atoms with Crippen molar-refractivity contribution in [3.05, 3.63) is 29.8 Å². The number of nitrogens with two attached hydrogens (primary N) is 1. The van der Waals surface area contributed by atoms with Crippen molar-refractivity contribution in [2.75, 3.05) is 33.2 Å². The highest BCUT2D eigenvalue weighted by atomic mass is 32.2. The molecule has 1 saturated heterocycles. The first kappa shape index (κ1) is 21.3. The number of benzene rings is 1. The maximum Gasteiger partial charge on any atom is 0.253 e. The van der Waals surface area contributed by atoms with Gasteiger partial charge in [0.2, 0.25) is 15.9 Å². The molecular formula is C18H28N4O4S. The Labute approximate surface area is 160 Å². The van der Waals surface area contributed by atoms with Crippen LogP contribution in [0.3, 0.4) is 0 Å². The topological polar surface area (TPSA) is 113 Å². The summed E-state index contributed by atoms with van der Waals surface area (Å²) in [5.41, 5.74) is 6.42. The largest absolute Gasteiger partial charge is 0.354 e. The van der Waals surface area contributed by atoms with Crippen molar-refractivity contribution < 1.29 is 18.0 Å². The van der Waals surface area contributed by atoms with Crippen LogP contribution in [0, 0.1) is 5.92 Å². The van der Waals surface area contributed by atoms with Crippen molar-refractivity contribution in [2.24, 2.45) is 11.7 Å². The van der Waals surface area contributed by atoms with Crippen molar-refractivity contribution in [3.63, 3.8) is 0 Å². The smallest absolute Gasteiger partial charge is 0.253 e. The number of hydrogen-bond donors (Lipinski definition) is 2. The van der Waals surface area contributed by atoms with Crippen LogP contribution in [0.2, 0.25) is 0 Å². The van der Waals surface area contributed by atoms with Crippen LogP contribution in [0.15, 0.2) is 29.2 Å². The molecule has 1 aliphatic rings. The maximum absolute atomic E-state index is 12.6. The molecule has 150 valence electrons. The summed E-state index contributed by atoms with van der Waals surface area (Å²) >= 11 is 0. The molecule has 1 heterocycles. The van der Waals surface area contributed by atoms with Crippen molar-refractivity contribution in [3.8, 4) is 0 Å². The third-order valence-corrected chi connectivity index (χ3v) is 6.60. The maximum atomic E-state index is 12.6. The van der Waals surface area contributed by atoms with Crippen LogP contribution in [-0.4, -0.2) is 68.7 Å². The molecule has 0 aromatic heterocycles. The third-order valence-electron chi connectivity index (χ3n) is 4.74. The molecule has 27 heavy (non-hydrogen) atoms. The van der Waals surface area contributed by atoms with E-state index in [9.17, 15) is 18.0 Å². The van der Waals surface area contributed by atoms with Crippen LogP contribution in [0.25, 0.3) is 0 Å². The molecule has 0 radical (unpaired) electrons. The molecule has 2 rings (SSSR count). The average Bonchev–Trinajstić information content (AvgIpc) is 2.65. The molecule has 1 aliphatic heterocycles. The molecule has 1 unspecified atom stereocenters. The van der Waals surface area contributed by atoms with E-state index in [2.05, 4.69) is 5.32 Å². The predicted molar refractivity (Wildman–Crippen MR) is 103 cm³/mol. The van der Waals surface area contributed by atoms with Gasteiger partial charge in [-0.2, -0.15) is 4.31 Å². The van der Waals surface area contributed by atoms with Crippen LogP contribution in [0.1, 0.15) is 30.6 Å². The number of amides is 2. The monoisotopic (exact) mass is 396 g/mol. The van der Waals surface area contributed by atoms with Gasteiger partial charge in [0.25, 0.3) is 5.91 Å². The number of hydrogen-bond acceptors (Lipinski definition) is 5. The molecule has 0 aliphatic carbocycles. The third kappa shape index (κ3) is 5.27. The SMILES string of the molecule is CC(C)C(N)CCN(C)C(=O)c1ccc(S(=O)(=O)N2CCNC(=O)C2)cc1. The molecule has 1 fully saturated rings. The van der Waals surface area contributed by atoms with Crippen LogP contribution in [0.4, 0.5) is 0 Å². The second-order valence-corrected chi connectivity index (χ2v) is 9.07. The molecule has 3 N–H and O–H groups in total. The van der Waals surface area contributed by atoms with Crippen molar-refractivity contribution >= 4 is 21.8 Å². The van der Waals surface area contributed by atoms with E-state index < -0.39 is 10.0 Å². The summed E-state index contributed by atoms with van der Waals surface area (Å²) < 4.78 is 26.4. The first-order valence-electron chi connectivity index (χ1n) is 9.01. The van der Waals surface area contributed by atoms with E-state index in [1.807, 2.05) is 13.8 Å². The van der Waals surface area contributed by atoms with E-state index in [1.54, 1.807) is 11.9 Å². The van der Waals surface area contributed by atoms with Gasteiger partial charge in [-0.05, 0) is 36.6 Å². The summed E-state index contributed by atoms with van der Waals surface area (Å²) in [7, 11) is -2.06. The first-order valence-corrected chi connectivity index (χ1v) is 10.4. The number of carbonyl (C=O) groups excluding carboxylic acids is 2. The number of piperazine rings is 1. The summed E-state index contributed by atoms with van der Waals surface area (Å²) in [5.74, 6) is -0.167. The zero-order chi connectivity index (χ0) is 20.2. The van der Waals surface area contributed by atoms with Gasteiger partial charge < -0.3 is 16.0 Å².